The van der Waals surface area contributed by atoms with Gasteiger partial charge in [-0.1, -0.05) is 6.92 Å². The van der Waals surface area contributed by atoms with Crippen LogP contribution < -0.4 is 5.69 Å². The molecule has 10 heavy (non-hydrogen) atoms. The molecule has 0 atom stereocenters. The molecular formula is C6H11N3O. The van der Waals surface area contributed by atoms with Crippen LogP contribution in [-0.4, -0.2) is 14.3 Å². The predicted molar refractivity (Wildman–Crippen MR) is 37.8 cm³/mol. The lowest BCUT2D eigenvalue weighted by Gasteiger charge is -1.91. The number of nitrogens with zero attached hydrogens (tertiary/aromatic N) is 3. The number of hydrogen-bond acceptors (Lipinski definition) is 2. The lowest BCUT2D eigenvalue weighted by atomic mass is 10.5. The molecule has 0 saturated carbocycles. The average molecular weight is 141 g/mol. The van der Waals surface area contributed by atoms with E-state index in [0.717, 1.165) is 6.42 Å². The Hall–Kier alpha value is -1.06. The molecule has 0 amide bonds. The van der Waals surface area contributed by atoms with Crippen molar-refractivity contribution in [2.24, 2.45) is 7.05 Å². The van der Waals surface area contributed by atoms with Crippen LogP contribution in [0.5, 0.6) is 0 Å². The third-order valence-corrected chi connectivity index (χ3v) is 1.32. The van der Waals surface area contributed by atoms with Crippen LogP contribution in [0.15, 0.2) is 11.1 Å². The van der Waals surface area contributed by atoms with Gasteiger partial charge in [0.1, 0.15) is 6.33 Å². The third-order valence-electron chi connectivity index (χ3n) is 1.32. The van der Waals surface area contributed by atoms with Crippen LogP contribution in [0.3, 0.4) is 0 Å². The van der Waals surface area contributed by atoms with E-state index in [-0.39, 0.29) is 5.69 Å². The molecule has 0 aromatic carbocycles. The molecular weight excluding hydrogens is 130 g/mol. The Morgan fingerprint density at radius 3 is 2.80 bits per heavy atom. The Labute approximate surface area is 59.1 Å². The van der Waals surface area contributed by atoms with Gasteiger partial charge >= 0.3 is 5.69 Å². The van der Waals surface area contributed by atoms with E-state index in [1.165, 1.54) is 15.6 Å². The Morgan fingerprint density at radius 1 is 1.70 bits per heavy atom. The van der Waals surface area contributed by atoms with E-state index in [4.69, 9.17) is 0 Å². The van der Waals surface area contributed by atoms with Crippen molar-refractivity contribution in [3.8, 4) is 0 Å². The molecule has 0 fully saturated rings. The maximum absolute atomic E-state index is 11.0. The average Bonchev–Trinajstić information content (AvgIpc) is 2.20. The topological polar surface area (TPSA) is 39.8 Å². The van der Waals surface area contributed by atoms with Crippen LogP contribution in [0, 0.1) is 0 Å². The monoisotopic (exact) mass is 141 g/mol. The molecule has 0 saturated heterocycles. The first-order valence-corrected chi connectivity index (χ1v) is 3.34. The number of hydrogen-bond donors (Lipinski definition) is 0. The zero-order valence-corrected chi connectivity index (χ0v) is 6.24. The molecule has 0 bridgehead atoms. The fourth-order valence-electron chi connectivity index (χ4n) is 0.786. The van der Waals surface area contributed by atoms with Gasteiger partial charge in [0.2, 0.25) is 0 Å². The molecule has 1 aromatic heterocycles. The highest BCUT2D eigenvalue weighted by molar-refractivity contribution is 4.64. The number of rotatable bonds is 2. The Morgan fingerprint density at radius 2 is 2.40 bits per heavy atom. The van der Waals surface area contributed by atoms with Gasteiger partial charge in [0.15, 0.2) is 0 Å². The molecule has 0 N–H and O–H groups in total. The van der Waals surface area contributed by atoms with Gasteiger partial charge in [0.25, 0.3) is 0 Å². The van der Waals surface area contributed by atoms with Gasteiger partial charge in [-0.3, -0.25) is 4.57 Å². The second kappa shape index (κ2) is 2.68. The summed E-state index contributed by atoms with van der Waals surface area (Å²) in [6.07, 6.45) is 2.47. The van der Waals surface area contributed by atoms with Crippen molar-refractivity contribution < 1.29 is 0 Å². The maximum atomic E-state index is 11.0. The van der Waals surface area contributed by atoms with Crippen molar-refractivity contribution in [3.63, 3.8) is 0 Å². The molecule has 4 heteroatoms. The highest BCUT2D eigenvalue weighted by Gasteiger charge is 1.97. The van der Waals surface area contributed by atoms with Crippen LogP contribution in [0.1, 0.15) is 13.3 Å². The predicted octanol–water partition coefficient (Wildman–Crippen LogP) is -0.00820. The molecule has 0 aliphatic rings. The van der Waals surface area contributed by atoms with E-state index in [0.29, 0.717) is 6.54 Å². The number of aryl methyl sites for hydroxylation is 2. The van der Waals surface area contributed by atoms with Gasteiger partial charge < -0.3 is 0 Å². The van der Waals surface area contributed by atoms with Crippen LogP contribution in [-0.2, 0) is 13.6 Å². The fraction of sp³-hybridized carbons (Fsp3) is 0.667. The lowest BCUT2D eigenvalue weighted by Crippen LogP contribution is -2.22. The molecule has 0 unspecified atom stereocenters. The summed E-state index contributed by atoms with van der Waals surface area (Å²) in [6.45, 7) is 2.72. The van der Waals surface area contributed by atoms with Crippen molar-refractivity contribution >= 4 is 0 Å². The zero-order chi connectivity index (χ0) is 7.56. The molecule has 0 spiro atoms. The summed E-state index contributed by atoms with van der Waals surface area (Å²) in [4.78, 5) is 11.0. The molecule has 0 aliphatic carbocycles. The second-order valence-corrected chi connectivity index (χ2v) is 2.25. The highest BCUT2D eigenvalue weighted by atomic mass is 16.2. The highest BCUT2D eigenvalue weighted by Crippen LogP contribution is 1.80. The quantitative estimate of drug-likeness (QED) is 0.581. The molecule has 0 radical (unpaired) electrons. The van der Waals surface area contributed by atoms with E-state index in [9.17, 15) is 4.79 Å². The second-order valence-electron chi connectivity index (χ2n) is 2.25. The first kappa shape index (κ1) is 7.05. The molecule has 1 aromatic rings. The first-order valence-electron chi connectivity index (χ1n) is 3.34. The summed E-state index contributed by atoms with van der Waals surface area (Å²) in [5.41, 5.74) is -0.0400. The summed E-state index contributed by atoms with van der Waals surface area (Å²) in [6, 6.07) is 0. The standard InChI is InChI=1S/C6H11N3O/c1-3-4-9-6(10)8(2)5-7-9/h5H,3-4H2,1-2H3. The van der Waals surface area contributed by atoms with Crippen molar-refractivity contribution in [2.45, 2.75) is 19.9 Å². The molecule has 1 rings (SSSR count). The Bertz CT molecular complexity index is 260. The summed E-state index contributed by atoms with van der Waals surface area (Å²) in [5.74, 6) is 0. The lowest BCUT2D eigenvalue weighted by molar-refractivity contribution is 0.574. The van der Waals surface area contributed by atoms with Crippen LogP contribution in [0.25, 0.3) is 0 Å². The minimum absolute atomic E-state index is 0.0400. The summed E-state index contributed by atoms with van der Waals surface area (Å²) in [5, 5.41) is 3.87. The number of aromatic nitrogens is 3. The molecule has 0 aliphatic heterocycles. The van der Waals surface area contributed by atoms with Crippen LogP contribution in [0.4, 0.5) is 0 Å². The minimum Gasteiger partial charge on any atom is -0.285 e. The molecule has 56 valence electrons. The third kappa shape index (κ3) is 1.10. The summed E-state index contributed by atoms with van der Waals surface area (Å²) < 4.78 is 2.93. The maximum Gasteiger partial charge on any atom is 0.345 e. The van der Waals surface area contributed by atoms with E-state index in [1.54, 1.807) is 7.05 Å². The van der Waals surface area contributed by atoms with Gasteiger partial charge in [-0.15, -0.1) is 0 Å². The SMILES string of the molecule is CCCn1ncn(C)c1=O. The van der Waals surface area contributed by atoms with Gasteiger partial charge in [-0.05, 0) is 6.42 Å². The smallest absolute Gasteiger partial charge is 0.285 e. The van der Waals surface area contributed by atoms with E-state index in [1.807, 2.05) is 6.92 Å². The van der Waals surface area contributed by atoms with Crippen molar-refractivity contribution in [2.75, 3.05) is 0 Å². The van der Waals surface area contributed by atoms with Gasteiger partial charge in [0.05, 0.1) is 0 Å². The van der Waals surface area contributed by atoms with Gasteiger partial charge in [-0.25, -0.2) is 9.48 Å². The van der Waals surface area contributed by atoms with Crippen molar-refractivity contribution in [1.29, 1.82) is 0 Å². The van der Waals surface area contributed by atoms with E-state index >= 15 is 0 Å². The normalized spacial score (nSPS) is 10.2. The van der Waals surface area contributed by atoms with Crippen LogP contribution >= 0.6 is 0 Å². The van der Waals surface area contributed by atoms with E-state index in [2.05, 4.69) is 5.10 Å². The van der Waals surface area contributed by atoms with E-state index < -0.39 is 0 Å². The minimum atomic E-state index is -0.0400. The van der Waals surface area contributed by atoms with Gasteiger partial charge in [0, 0.05) is 13.6 Å². The zero-order valence-electron chi connectivity index (χ0n) is 6.24. The summed E-state index contributed by atoms with van der Waals surface area (Å²) in [7, 11) is 1.70. The van der Waals surface area contributed by atoms with Gasteiger partial charge in [-0.2, -0.15) is 5.10 Å². The fourth-order valence-corrected chi connectivity index (χ4v) is 0.786. The van der Waals surface area contributed by atoms with Crippen molar-refractivity contribution in [1.82, 2.24) is 14.3 Å². The first-order chi connectivity index (χ1) is 4.75. The Balaban J connectivity index is 2.95. The largest absolute Gasteiger partial charge is 0.345 e. The Kier molecular flexibility index (Phi) is 1.89. The van der Waals surface area contributed by atoms with Crippen molar-refractivity contribution in [3.05, 3.63) is 16.8 Å². The molecule has 1 heterocycles. The summed E-state index contributed by atoms with van der Waals surface area (Å²) >= 11 is 0. The van der Waals surface area contributed by atoms with Crippen LogP contribution in [0.2, 0.25) is 0 Å². The molecule has 4 nitrogen and oxygen atoms in total.